The second-order valence-corrected chi connectivity index (χ2v) is 10.6. The van der Waals surface area contributed by atoms with Crippen LogP contribution in [0, 0.1) is 0 Å². The number of esters is 2. The molecule has 4 nitrogen and oxygen atoms in total. The van der Waals surface area contributed by atoms with Crippen LogP contribution in [-0.4, -0.2) is 25.2 Å². The average molecular weight is 543 g/mol. The molecule has 1 aliphatic rings. The van der Waals surface area contributed by atoms with Gasteiger partial charge in [0, 0.05) is 16.6 Å². The summed E-state index contributed by atoms with van der Waals surface area (Å²) < 4.78 is 11.4. The highest BCUT2D eigenvalue weighted by molar-refractivity contribution is 5.93. The van der Waals surface area contributed by atoms with Crippen molar-refractivity contribution in [2.75, 3.05) is 13.2 Å². The lowest BCUT2D eigenvalue weighted by Gasteiger charge is -2.35. The van der Waals surface area contributed by atoms with Gasteiger partial charge in [-0.1, -0.05) is 110 Å². The molecule has 4 aromatic carbocycles. The van der Waals surface area contributed by atoms with Crippen molar-refractivity contribution >= 4 is 11.9 Å². The van der Waals surface area contributed by atoms with Gasteiger partial charge in [-0.2, -0.15) is 0 Å². The molecule has 0 spiro atoms. The molecule has 0 amide bonds. The molecule has 0 radical (unpaired) electrons. The molecule has 0 saturated heterocycles. The molecule has 0 bridgehead atoms. The third-order valence-electron chi connectivity index (χ3n) is 7.77. The highest BCUT2D eigenvalue weighted by Crippen LogP contribution is 2.58. The standard InChI is InChI=1S/C37H34O4/c1-25(2)35(38)40-23-21-37(22-24-41-36(39)26(3)4)33-29(27-13-7-5-8-14-27)17-11-19-31(33)32-20-12-18-30(34(32)37)28-15-9-6-10-16-28/h5-20H,1,3,21-24H2,2,4H3. The molecule has 206 valence electrons. The van der Waals surface area contributed by atoms with E-state index >= 15 is 0 Å². The normalized spacial score (nSPS) is 12.6. The maximum Gasteiger partial charge on any atom is 0.333 e. The van der Waals surface area contributed by atoms with Gasteiger partial charge in [-0.15, -0.1) is 0 Å². The highest BCUT2D eigenvalue weighted by atomic mass is 16.5. The highest BCUT2D eigenvalue weighted by Gasteiger charge is 2.46. The monoisotopic (exact) mass is 542 g/mol. The Hall–Kier alpha value is -4.70. The van der Waals surface area contributed by atoms with Crippen molar-refractivity contribution < 1.29 is 19.1 Å². The first-order valence-corrected chi connectivity index (χ1v) is 13.9. The lowest BCUT2D eigenvalue weighted by molar-refractivity contribution is -0.139. The van der Waals surface area contributed by atoms with Crippen molar-refractivity contribution in [1.29, 1.82) is 0 Å². The number of carbonyl (C=O) groups excluding carboxylic acids is 2. The molecule has 5 rings (SSSR count). The minimum Gasteiger partial charge on any atom is -0.462 e. The Labute approximate surface area is 242 Å². The Morgan fingerprint density at radius 1 is 0.561 bits per heavy atom. The van der Waals surface area contributed by atoms with Crippen molar-refractivity contribution in [3.63, 3.8) is 0 Å². The summed E-state index contributed by atoms with van der Waals surface area (Å²) in [6.45, 7) is 11.2. The van der Waals surface area contributed by atoms with Crippen LogP contribution in [0.5, 0.6) is 0 Å². The first-order chi connectivity index (χ1) is 19.8. The summed E-state index contributed by atoms with van der Waals surface area (Å²) in [6, 6.07) is 33.5. The van der Waals surface area contributed by atoms with E-state index in [4.69, 9.17) is 9.47 Å². The first-order valence-electron chi connectivity index (χ1n) is 13.9. The Bertz CT molecular complexity index is 1490. The van der Waals surface area contributed by atoms with Gasteiger partial charge in [0.2, 0.25) is 0 Å². The van der Waals surface area contributed by atoms with Crippen LogP contribution in [0.15, 0.2) is 121 Å². The van der Waals surface area contributed by atoms with E-state index in [-0.39, 0.29) is 13.2 Å². The zero-order valence-electron chi connectivity index (χ0n) is 23.6. The molecule has 0 fully saturated rings. The van der Waals surface area contributed by atoms with Crippen LogP contribution in [0.2, 0.25) is 0 Å². The van der Waals surface area contributed by atoms with E-state index in [1.165, 1.54) is 0 Å². The van der Waals surface area contributed by atoms with Gasteiger partial charge in [0.1, 0.15) is 0 Å². The van der Waals surface area contributed by atoms with Gasteiger partial charge in [0.05, 0.1) is 13.2 Å². The molecule has 41 heavy (non-hydrogen) atoms. The summed E-state index contributed by atoms with van der Waals surface area (Å²) in [7, 11) is 0. The van der Waals surface area contributed by atoms with E-state index < -0.39 is 17.4 Å². The summed E-state index contributed by atoms with van der Waals surface area (Å²) in [6.07, 6.45) is 1.01. The second kappa shape index (κ2) is 11.8. The average Bonchev–Trinajstić information content (AvgIpc) is 3.28. The molecule has 4 heteroatoms. The zero-order chi connectivity index (χ0) is 29.0. The third-order valence-corrected chi connectivity index (χ3v) is 7.77. The van der Waals surface area contributed by atoms with E-state index in [0.29, 0.717) is 24.0 Å². The number of carbonyl (C=O) groups is 2. The summed E-state index contributed by atoms with van der Waals surface area (Å²) in [5.74, 6) is -0.833. The van der Waals surface area contributed by atoms with Crippen LogP contribution in [0.25, 0.3) is 33.4 Å². The lowest BCUT2D eigenvalue weighted by Crippen LogP contribution is -2.31. The minimum absolute atomic E-state index is 0.186. The summed E-state index contributed by atoms with van der Waals surface area (Å²) >= 11 is 0. The number of ether oxygens (including phenoxy) is 2. The SMILES string of the molecule is C=C(C)C(=O)OCCC1(CCOC(=O)C(=C)C)c2c(-c3ccccc3)cccc2-c2cccc(-c3ccccc3)c21. The van der Waals surface area contributed by atoms with E-state index in [0.717, 1.165) is 44.5 Å². The Balaban J connectivity index is 1.75. The number of hydrogen-bond donors (Lipinski definition) is 0. The van der Waals surface area contributed by atoms with E-state index in [1.54, 1.807) is 13.8 Å². The molecular formula is C37H34O4. The largest absolute Gasteiger partial charge is 0.462 e. The van der Waals surface area contributed by atoms with Gasteiger partial charge in [-0.05, 0) is 71.2 Å². The minimum atomic E-state index is -0.617. The molecular weight excluding hydrogens is 508 g/mol. The first kappa shape index (κ1) is 27.9. The van der Waals surface area contributed by atoms with Crippen LogP contribution in [0.3, 0.4) is 0 Å². The van der Waals surface area contributed by atoms with Crippen molar-refractivity contribution in [1.82, 2.24) is 0 Å². The molecule has 0 aliphatic heterocycles. The smallest absolute Gasteiger partial charge is 0.333 e. The molecule has 4 aromatic rings. The predicted octanol–water partition coefficient (Wildman–Crippen LogP) is 8.31. The van der Waals surface area contributed by atoms with Crippen molar-refractivity contribution in [3.8, 4) is 33.4 Å². The fourth-order valence-electron chi connectivity index (χ4n) is 5.93. The van der Waals surface area contributed by atoms with Crippen molar-refractivity contribution in [3.05, 3.63) is 132 Å². The van der Waals surface area contributed by atoms with Gasteiger partial charge in [-0.3, -0.25) is 0 Å². The summed E-state index contributed by atoms with van der Waals surface area (Å²) in [5.41, 5.74) is 9.09. The molecule has 1 aliphatic carbocycles. The second-order valence-electron chi connectivity index (χ2n) is 10.6. The fraction of sp³-hybridized carbons (Fsp3) is 0.189. The Morgan fingerprint density at radius 3 is 1.29 bits per heavy atom. The van der Waals surface area contributed by atoms with Crippen LogP contribution >= 0.6 is 0 Å². The predicted molar refractivity (Wildman–Crippen MR) is 164 cm³/mol. The quantitative estimate of drug-likeness (QED) is 0.149. The topological polar surface area (TPSA) is 52.6 Å². The van der Waals surface area contributed by atoms with Crippen molar-refractivity contribution in [2.45, 2.75) is 32.1 Å². The Morgan fingerprint density at radius 2 is 0.927 bits per heavy atom. The molecule has 0 aromatic heterocycles. The number of benzene rings is 4. The molecule has 0 atom stereocenters. The van der Waals surface area contributed by atoms with E-state index in [9.17, 15) is 9.59 Å². The summed E-state index contributed by atoms with van der Waals surface area (Å²) in [4.78, 5) is 24.9. The fourth-order valence-corrected chi connectivity index (χ4v) is 5.93. The third kappa shape index (κ3) is 5.38. The zero-order valence-corrected chi connectivity index (χ0v) is 23.6. The van der Waals surface area contributed by atoms with E-state index in [1.807, 2.05) is 36.4 Å². The number of hydrogen-bond acceptors (Lipinski definition) is 4. The Kier molecular flexibility index (Phi) is 8.02. The summed E-state index contributed by atoms with van der Waals surface area (Å²) in [5, 5.41) is 0. The number of rotatable bonds is 10. The van der Waals surface area contributed by atoms with Crippen LogP contribution in [0.1, 0.15) is 37.8 Å². The maximum atomic E-state index is 12.5. The van der Waals surface area contributed by atoms with Crippen LogP contribution in [-0.2, 0) is 24.5 Å². The number of fused-ring (bicyclic) bond motifs is 3. The molecule has 0 heterocycles. The van der Waals surface area contributed by atoms with Gasteiger partial charge >= 0.3 is 11.9 Å². The van der Waals surface area contributed by atoms with Gasteiger partial charge in [0.15, 0.2) is 0 Å². The van der Waals surface area contributed by atoms with E-state index in [2.05, 4.69) is 73.8 Å². The van der Waals surface area contributed by atoms with Crippen LogP contribution < -0.4 is 0 Å². The lowest BCUT2D eigenvalue weighted by atomic mass is 9.69. The van der Waals surface area contributed by atoms with Gasteiger partial charge in [-0.25, -0.2) is 9.59 Å². The maximum absolute atomic E-state index is 12.5. The molecule has 0 unspecified atom stereocenters. The van der Waals surface area contributed by atoms with Gasteiger partial charge < -0.3 is 9.47 Å². The van der Waals surface area contributed by atoms with Gasteiger partial charge in [0.25, 0.3) is 0 Å². The van der Waals surface area contributed by atoms with Crippen LogP contribution in [0.4, 0.5) is 0 Å². The van der Waals surface area contributed by atoms with Crippen molar-refractivity contribution in [2.24, 2.45) is 0 Å². The molecule has 0 N–H and O–H groups in total. The molecule has 0 saturated carbocycles.